The number of amides is 5. The average Bonchev–Trinajstić information content (AvgIpc) is 3.99. The zero-order valence-corrected chi connectivity index (χ0v) is 35.1. The van der Waals surface area contributed by atoms with Crippen molar-refractivity contribution in [2.24, 2.45) is 17.2 Å². The maximum atomic E-state index is 13.8. The Kier molecular flexibility index (Phi) is 12.3. The third kappa shape index (κ3) is 8.39. The van der Waals surface area contributed by atoms with Crippen molar-refractivity contribution >= 4 is 75.1 Å². The molecular weight excluding hydrogens is 824 g/mol. The van der Waals surface area contributed by atoms with Gasteiger partial charge in [-0.25, -0.2) is 9.97 Å². The van der Waals surface area contributed by atoms with Crippen LogP contribution in [-0.2, 0) is 24.4 Å². The summed E-state index contributed by atoms with van der Waals surface area (Å²) in [5.41, 5.74) is 20.2. The smallest absolute Gasteiger partial charge is 0.277 e. The van der Waals surface area contributed by atoms with Gasteiger partial charge in [0.05, 0.1) is 46.6 Å². The van der Waals surface area contributed by atoms with Gasteiger partial charge in [-0.05, 0) is 64.4 Å². The molecule has 0 saturated carbocycles. The molecule has 1 atom stereocenters. The molecule has 4 aromatic heterocycles. The molecule has 21 nitrogen and oxygen atoms in total. The minimum Gasteiger partial charge on any atom is -0.491 e. The molecule has 2 aromatic carbocycles. The summed E-state index contributed by atoms with van der Waals surface area (Å²) in [4.78, 5) is 73.5. The number of ether oxygens (including phenoxy) is 2. The van der Waals surface area contributed by atoms with Crippen molar-refractivity contribution in [1.82, 2.24) is 44.0 Å². The van der Waals surface area contributed by atoms with E-state index in [-0.39, 0.29) is 78.2 Å². The lowest BCUT2D eigenvalue weighted by Crippen LogP contribution is -2.31. The molecule has 62 heavy (non-hydrogen) atoms. The van der Waals surface area contributed by atoms with Crippen molar-refractivity contribution in [2.75, 3.05) is 36.9 Å². The van der Waals surface area contributed by atoms with E-state index in [0.717, 1.165) is 0 Å². The molecule has 0 saturated heterocycles. The Labute approximate surface area is 358 Å². The van der Waals surface area contributed by atoms with E-state index in [0.29, 0.717) is 64.4 Å². The Morgan fingerprint density at radius 1 is 0.903 bits per heavy atom. The Morgan fingerprint density at radius 2 is 1.58 bits per heavy atom. The third-order valence-corrected chi connectivity index (χ3v) is 10.5. The number of aromatic nitrogens is 8. The predicted octanol–water partition coefficient (Wildman–Crippen LogP) is 2.83. The number of hydrogen-bond acceptors (Lipinski definition) is 12. The van der Waals surface area contributed by atoms with Crippen LogP contribution in [0.25, 0.3) is 22.1 Å². The first-order valence-electron chi connectivity index (χ1n) is 19.7. The number of imidazole rings is 2. The highest BCUT2D eigenvalue weighted by Crippen LogP contribution is 2.38. The highest BCUT2D eigenvalue weighted by atomic mass is 35.5. The molecule has 0 bridgehead atoms. The lowest BCUT2D eigenvalue weighted by atomic mass is 10.1. The van der Waals surface area contributed by atoms with Gasteiger partial charge < -0.3 is 36.6 Å². The van der Waals surface area contributed by atoms with Gasteiger partial charge in [0.25, 0.3) is 11.8 Å². The number of nitrogens with zero attached hydrogens (tertiary/aromatic N) is 8. The number of rotatable bonds is 17. The maximum Gasteiger partial charge on any atom is 0.277 e. The summed E-state index contributed by atoms with van der Waals surface area (Å²) in [7, 11) is 0. The van der Waals surface area contributed by atoms with Gasteiger partial charge >= 0.3 is 0 Å². The van der Waals surface area contributed by atoms with Crippen molar-refractivity contribution in [3.63, 3.8) is 0 Å². The minimum atomic E-state index is -0.721. The van der Waals surface area contributed by atoms with Gasteiger partial charge in [-0.2, -0.15) is 10.2 Å². The van der Waals surface area contributed by atoms with Gasteiger partial charge in [0, 0.05) is 37.3 Å². The van der Waals surface area contributed by atoms with Crippen LogP contribution >= 0.6 is 11.6 Å². The Hall–Kier alpha value is -7.26. The summed E-state index contributed by atoms with van der Waals surface area (Å²) in [5.74, 6) is -1.89. The largest absolute Gasteiger partial charge is 0.491 e. The number of carbonyl (C=O) groups excluding carboxylic acids is 5. The van der Waals surface area contributed by atoms with Crippen LogP contribution < -0.4 is 42.6 Å². The van der Waals surface area contributed by atoms with Crippen LogP contribution in [0.15, 0.2) is 42.5 Å². The van der Waals surface area contributed by atoms with Gasteiger partial charge in [0.2, 0.25) is 29.6 Å². The molecule has 7 rings (SSSR count). The highest BCUT2D eigenvalue weighted by Gasteiger charge is 2.30. The Bertz CT molecular complexity index is 2800. The fraction of sp³-hybridized carbons (Fsp3) is 0.325. The van der Waals surface area contributed by atoms with Crippen molar-refractivity contribution in [2.45, 2.75) is 59.8 Å². The number of carbonyl (C=O) groups is 5. The molecule has 0 radical (unpaired) electrons. The number of benzene rings is 2. The van der Waals surface area contributed by atoms with Gasteiger partial charge in [-0.1, -0.05) is 23.8 Å². The molecule has 0 aliphatic carbocycles. The molecule has 0 fully saturated rings. The lowest BCUT2D eigenvalue weighted by molar-refractivity contribution is -0.119. The molecule has 5 heterocycles. The van der Waals surface area contributed by atoms with Gasteiger partial charge in [-0.15, -0.1) is 0 Å². The van der Waals surface area contributed by atoms with E-state index in [4.69, 9.17) is 48.2 Å². The molecule has 5 amide bonds. The number of allylic oxidation sites excluding steroid dienone is 1. The molecule has 9 N–H and O–H groups in total. The highest BCUT2D eigenvalue weighted by molar-refractivity contribution is 6.34. The standard InChI is InChI=1S/C40H45ClN14O7/c1-5-53-27(13-20(3)50-53)37(59)48-39-46-25-14-22(35(43)57)16-28(61-12-8-10-45-30(56)18-42)32(25)52(39)11-7-9-24-19-62-29-17-23(36(44)58)15-26-33(29)55(24)40(47-26)49-38(60)34-31(41)21(4)51-54(34)6-2/h7,9,13-17,24H,5-6,8,10-12,18-19,42H2,1-4H3,(H2,43,57)(H2,44,58)(H,45,56)(H,46,48,59)(H,47,49,60)/b9-7+/t24-/m0/s1. The number of hydrogen-bond donors (Lipinski definition) is 6. The monoisotopic (exact) mass is 868 g/mol. The van der Waals surface area contributed by atoms with E-state index in [2.05, 4.69) is 26.1 Å². The van der Waals surface area contributed by atoms with Crippen molar-refractivity contribution in [1.29, 1.82) is 0 Å². The van der Waals surface area contributed by atoms with Crippen LogP contribution in [0, 0.1) is 13.8 Å². The first kappa shape index (κ1) is 42.8. The first-order valence-corrected chi connectivity index (χ1v) is 20.1. The topological polar surface area (TPSA) is 289 Å². The van der Waals surface area contributed by atoms with Crippen LogP contribution in [0.2, 0.25) is 5.02 Å². The van der Waals surface area contributed by atoms with E-state index in [9.17, 15) is 24.0 Å². The first-order chi connectivity index (χ1) is 29.7. The summed E-state index contributed by atoms with van der Waals surface area (Å²) < 4.78 is 18.9. The normalized spacial score (nSPS) is 13.4. The second kappa shape index (κ2) is 17.8. The second-order valence-corrected chi connectivity index (χ2v) is 14.7. The molecule has 324 valence electrons. The zero-order chi connectivity index (χ0) is 44.4. The third-order valence-electron chi connectivity index (χ3n) is 10.1. The number of aryl methyl sites for hydroxylation is 4. The van der Waals surface area contributed by atoms with E-state index < -0.39 is 29.7 Å². The van der Waals surface area contributed by atoms with Crippen molar-refractivity contribution in [3.8, 4) is 11.5 Å². The molecule has 6 aromatic rings. The number of halogens is 1. The van der Waals surface area contributed by atoms with Gasteiger partial charge in [0.1, 0.15) is 40.5 Å². The summed E-state index contributed by atoms with van der Waals surface area (Å²) in [6, 6.07) is 7.12. The van der Waals surface area contributed by atoms with Crippen molar-refractivity contribution < 1.29 is 33.4 Å². The fourth-order valence-corrected chi connectivity index (χ4v) is 7.40. The van der Waals surface area contributed by atoms with Crippen LogP contribution in [-0.4, -0.2) is 94.5 Å². The van der Waals surface area contributed by atoms with Gasteiger partial charge in [0.15, 0.2) is 0 Å². The van der Waals surface area contributed by atoms with Gasteiger partial charge in [-0.3, -0.25) is 48.5 Å². The van der Waals surface area contributed by atoms with E-state index in [1.165, 1.54) is 28.9 Å². The summed E-state index contributed by atoms with van der Waals surface area (Å²) in [6.45, 7) is 8.42. The molecule has 1 aliphatic heterocycles. The zero-order valence-electron chi connectivity index (χ0n) is 34.3. The Balaban J connectivity index is 1.28. The van der Waals surface area contributed by atoms with Crippen LogP contribution in [0.5, 0.6) is 11.5 Å². The molecular formula is C40H45ClN14O7. The predicted molar refractivity (Wildman–Crippen MR) is 229 cm³/mol. The SMILES string of the molecule is CCn1nc(C)cc1C(=O)Nc1nc2cc(C(N)=O)cc(OCCCNC(=O)CN)c2n1C/C=C/[C@H]1COc2cc(C(N)=O)cc3nc(NC(=O)c4c(Cl)c(C)nn4CC)n1c23. The molecule has 0 spiro atoms. The summed E-state index contributed by atoms with van der Waals surface area (Å²) in [6.07, 6.45) is 4.05. The van der Waals surface area contributed by atoms with E-state index in [1.807, 2.05) is 26.0 Å². The van der Waals surface area contributed by atoms with E-state index >= 15 is 0 Å². The average molecular weight is 869 g/mol. The molecule has 22 heteroatoms. The summed E-state index contributed by atoms with van der Waals surface area (Å²) >= 11 is 6.53. The van der Waals surface area contributed by atoms with Crippen LogP contribution in [0.1, 0.15) is 79.4 Å². The fourth-order valence-electron chi connectivity index (χ4n) is 7.18. The Morgan fingerprint density at radius 3 is 2.27 bits per heavy atom. The number of primary amides is 2. The van der Waals surface area contributed by atoms with Crippen molar-refractivity contribution in [3.05, 3.63) is 81.4 Å². The maximum absolute atomic E-state index is 13.8. The molecule has 0 unspecified atom stereocenters. The molecule has 1 aliphatic rings. The number of nitrogens with two attached hydrogens (primary N) is 3. The lowest BCUT2D eigenvalue weighted by Gasteiger charge is -2.25. The minimum absolute atomic E-state index is 0.0540. The second-order valence-electron chi connectivity index (χ2n) is 14.3. The number of anilines is 2. The number of nitrogens with one attached hydrogen (secondary N) is 3. The quantitative estimate of drug-likeness (QED) is 0.0570. The van der Waals surface area contributed by atoms with Crippen LogP contribution in [0.4, 0.5) is 11.9 Å². The number of fused-ring (bicyclic) bond motifs is 1. The van der Waals surface area contributed by atoms with Crippen LogP contribution in [0.3, 0.4) is 0 Å². The van der Waals surface area contributed by atoms with E-state index in [1.54, 1.807) is 33.7 Å². The summed E-state index contributed by atoms with van der Waals surface area (Å²) in [5, 5.41) is 17.5.